The van der Waals surface area contributed by atoms with E-state index in [0.29, 0.717) is 5.82 Å². The van der Waals surface area contributed by atoms with Gasteiger partial charge in [0.2, 0.25) is 0 Å². The fourth-order valence-corrected chi connectivity index (χ4v) is 1.47. The second kappa shape index (κ2) is 4.52. The maximum atomic E-state index is 11.8. The van der Waals surface area contributed by atoms with Crippen molar-refractivity contribution < 1.29 is 14.7 Å². The number of carbonyl (C=O) groups is 2. The van der Waals surface area contributed by atoms with E-state index in [1.807, 2.05) is 0 Å². The third kappa shape index (κ3) is 2.34. The van der Waals surface area contributed by atoms with E-state index in [1.54, 1.807) is 30.5 Å². The highest BCUT2D eigenvalue weighted by molar-refractivity contribution is 6.10. The number of carbonyl (C=O) groups excluding carboxylic acids is 1. The van der Waals surface area contributed by atoms with E-state index < -0.39 is 11.9 Å². The van der Waals surface area contributed by atoms with Crippen LogP contribution in [0.4, 0.5) is 5.82 Å². The highest BCUT2D eigenvalue weighted by Crippen LogP contribution is 2.11. The van der Waals surface area contributed by atoms with Gasteiger partial charge in [-0.25, -0.2) is 4.79 Å². The Kier molecular flexibility index (Phi) is 2.91. The molecule has 0 atom stereocenters. The molecule has 1 amide bonds. The zero-order valence-corrected chi connectivity index (χ0v) is 8.81. The largest absolute Gasteiger partial charge is 0.478 e. The summed E-state index contributed by atoms with van der Waals surface area (Å²) < 4.78 is 0. The first kappa shape index (κ1) is 10.9. The zero-order chi connectivity index (χ0) is 12.3. The predicted octanol–water partition coefficient (Wildman–Crippen LogP) is 1.97. The number of amides is 1. The van der Waals surface area contributed by atoms with Gasteiger partial charge in [-0.15, -0.1) is 0 Å². The lowest BCUT2D eigenvalue weighted by molar-refractivity contribution is 0.0692. The van der Waals surface area contributed by atoms with Crippen LogP contribution in [0.1, 0.15) is 20.7 Å². The summed E-state index contributed by atoms with van der Waals surface area (Å²) >= 11 is 0. The molecule has 1 aromatic carbocycles. The molecule has 1 heterocycles. The molecule has 2 aromatic rings. The summed E-state index contributed by atoms with van der Waals surface area (Å²) in [5.41, 5.74) is 0.117. The van der Waals surface area contributed by atoms with Crippen LogP contribution in [0.15, 0.2) is 42.6 Å². The molecule has 0 saturated carbocycles. The topological polar surface area (TPSA) is 82.2 Å². The number of hydrogen-bond donors (Lipinski definition) is 3. The van der Waals surface area contributed by atoms with Crippen molar-refractivity contribution in [2.24, 2.45) is 0 Å². The van der Waals surface area contributed by atoms with Crippen LogP contribution in [0, 0.1) is 0 Å². The van der Waals surface area contributed by atoms with Crippen molar-refractivity contribution in [3.05, 3.63) is 53.7 Å². The van der Waals surface area contributed by atoms with Gasteiger partial charge >= 0.3 is 5.97 Å². The summed E-state index contributed by atoms with van der Waals surface area (Å²) in [4.78, 5) is 25.6. The summed E-state index contributed by atoms with van der Waals surface area (Å²) in [7, 11) is 0. The van der Waals surface area contributed by atoms with E-state index in [0.717, 1.165) is 0 Å². The summed E-state index contributed by atoms with van der Waals surface area (Å²) in [6.45, 7) is 0. The molecule has 5 nitrogen and oxygen atoms in total. The van der Waals surface area contributed by atoms with E-state index in [4.69, 9.17) is 5.11 Å². The van der Waals surface area contributed by atoms with Gasteiger partial charge in [0.1, 0.15) is 5.82 Å². The van der Waals surface area contributed by atoms with Gasteiger partial charge < -0.3 is 15.4 Å². The van der Waals surface area contributed by atoms with Gasteiger partial charge in [0, 0.05) is 6.20 Å². The molecule has 3 N–H and O–H groups in total. The van der Waals surface area contributed by atoms with Crippen LogP contribution in [0.5, 0.6) is 0 Å². The van der Waals surface area contributed by atoms with Gasteiger partial charge in [-0.1, -0.05) is 12.1 Å². The Bertz CT molecular complexity index is 547. The quantitative estimate of drug-likeness (QED) is 0.753. The molecule has 1 aromatic heterocycles. The van der Waals surface area contributed by atoms with Crippen molar-refractivity contribution in [2.75, 3.05) is 5.32 Å². The van der Waals surface area contributed by atoms with E-state index in [2.05, 4.69) is 10.3 Å². The lowest BCUT2D eigenvalue weighted by atomic mass is 10.1. The normalized spacial score (nSPS) is 9.88. The summed E-state index contributed by atoms with van der Waals surface area (Å²) in [6, 6.07) is 9.48. The van der Waals surface area contributed by atoms with Crippen LogP contribution in [-0.4, -0.2) is 22.0 Å². The minimum absolute atomic E-state index is 0.0171. The Labute approximate surface area is 97.1 Å². The van der Waals surface area contributed by atoms with Gasteiger partial charge in [0.05, 0.1) is 11.1 Å². The summed E-state index contributed by atoms with van der Waals surface area (Å²) in [5.74, 6) is -1.05. The Morgan fingerprint density at radius 3 is 2.35 bits per heavy atom. The van der Waals surface area contributed by atoms with E-state index in [9.17, 15) is 9.59 Å². The van der Waals surface area contributed by atoms with Crippen LogP contribution in [0.25, 0.3) is 0 Å². The molecule has 0 unspecified atom stereocenters. The third-order valence-corrected chi connectivity index (χ3v) is 2.25. The minimum atomic E-state index is -1.12. The first-order valence-corrected chi connectivity index (χ1v) is 4.95. The molecule has 2 rings (SSSR count). The molecule has 5 heteroatoms. The number of aromatic carboxylic acids is 1. The minimum Gasteiger partial charge on any atom is -0.478 e. The van der Waals surface area contributed by atoms with Crippen molar-refractivity contribution in [1.82, 2.24) is 4.98 Å². The molecule has 0 fully saturated rings. The monoisotopic (exact) mass is 230 g/mol. The molecule has 0 aliphatic heterocycles. The average Bonchev–Trinajstić information content (AvgIpc) is 2.81. The molecule has 86 valence electrons. The second-order valence-electron chi connectivity index (χ2n) is 3.39. The van der Waals surface area contributed by atoms with Gasteiger partial charge in [-0.3, -0.25) is 4.79 Å². The van der Waals surface area contributed by atoms with Crippen molar-refractivity contribution in [3.8, 4) is 0 Å². The fourth-order valence-electron chi connectivity index (χ4n) is 1.47. The number of anilines is 1. The Hall–Kier alpha value is -2.56. The molecule has 0 aliphatic carbocycles. The van der Waals surface area contributed by atoms with Gasteiger partial charge in [0.25, 0.3) is 5.91 Å². The number of H-pyrrole nitrogens is 1. The number of benzene rings is 1. The SMILES string of the molecule is O=C(O)c1ccccc1C(=O)Nc1ccc[nH]1. The smallest absolute Gasteiger partial charge is 0.336 e. The highest BCUT2D eigenvalue weighted by atomic mass is 16.4. The molecule has 0 saturated heterocycles. The van der Waals surface area contributed by atoms with Crippen LogP contribution < -0.4 is 5.32 Å². The Morgan fingerprint density at radius 1 is 1.06 bits per heavy atom. The lowest BCUT2D eigenvalue weighted by Gasteiger charge is -2.05. The first-order chi connectivity index (χ1) is 8.18. The van der Waals surface area contributed by atoms with Crippen LogP contribution >= 0.6 is 0 Å². The van der Waals surface area contributed by atoms with Crippen molar-refractivity contribution in [2.45, 2.75) is 0 Å². The molecule has 0 spiro atoms. The maximum Gasteiger partial charge on any atom is 0.336 e. The molecule has 17 heavy (non-hydrogen) atoms. The average molecular weight is 230 g/mol. The van der Waals surface area contributed by atoms with E-state index in [1.165, 1.54) is 12.1 Å². The highest BCUT2D eigenvalue weighted by Gasteiger charge is 2.15. The van der Waals surface area contributed by atoms with Crippen molar-refractivity contribution >= 4 is 17.7 Å². The van der Waals surface area contributed by atoms with Crippen molar-refractivity contribution in [3.63, 3.8) is 0 Å². The molecular weight excluding hydrogens is 220 g/mol. The van der Waals surface area contributed by atoms with Crippen LogP contribution in [-0.2, 0) is 0 Å². The Morgan fingerprint density at radius 2 is 1.76 bits per heavy atom. The fraction of sp³-hybridized carbons (Fsp3) is 0. The maximum absolute atomic E-state index is 11.8. The number of hydrogen-bond acceptors (Lipinski definition) is 2. The second-order valence-corrected chi connectivity index (χ2v) is 3.39. The molecule has 0 bridgehead atoms. The van der Waals surface area contributed by atoms with Gasteiger partial charge in [-0.05, 0) is 24.3 Å². The summed E-state index contributed by atoms with van der Waals surface area (Å²) in [6.07, 6.45) is 1.67. The molecule has 0 aliphatic rings. The van der Waals surface area contributed by atoms with E-state index in [-0.39, 0.29) is 11.1 Å². The third-order valence-electron chi connectivity index (χ3n) is 2.25. The number of aromatic nitrogens is 1. The summed E-state index contributed by atoms with van der Waals surface area (Å²) in [5, 5.41) is 11.5. The van der Waals surface area contributed by atoms with Crippen LogP contribution in [0.3, 0.4) is 0 Å². The number of nitrogens with one attached hydrogen (secondary N) is 2. The number of carboxylic acid groups (broad SMARTS) is 1. The van der Waals surface area contributed by atoms with E-state index >= 15 is 0 Å². The predicted molar refractivity (Wildman–Crippen MR) is 62.1 cm³/mol. The van der Waals surface area contributed by atoms with Gasteiger partial charge in [0.15, 0.2) is 0 Å². The Balaban J connectivity index is 2.28. The van der Waals surface area contributed by atoms with Crippen molar-refractivity contribution in [1.29, 1.82) is 0 Å². The first-order valence-electron chi connectivity index (χ1n) is 4.95. The molecular formula is C12H10N2O3. The van der Waals surface area contributed by atoms with Gasteiger partial charge in [-0.2, -0.15) is 0 Å². The number of carboxylic acids is 1. The molecule has 0 radical (unpaired) electrons. The zero-order valence-electron chi connectivity index (χ0n) is 8.81. The number of aromatic amines is 1. The number of rotatable bonds is 3. The standard InChI is InChI=1S/C12H10N2O3/c15-11(14-10-6-3-7-13-10)8-4-1-2-5-9(8)12(16)17/h1-7,13H,(H,14,15)(H,16,17). The van der Waals surface area contributed by atoms with Crippen LogP contribution in [0.2, 0.25) is 0 Å². The lowest BCUT2D eigenvalue weighted by Crippen LogP contribution is -2.16.